The fourth-order valence-corrected chi connectivity index (χ4v) is 2.71. The lowest BCUT2D eigenvalue weighted by molar-refractivity contribution is 0.288. The fraction of sp³-hybridized carbons (Fsp3) is 0.500. The SMILES string of the molecule is CCC(C)(C)Cn1c(=S)[nH]c2ccsc2c1=O. The van der Waals surface area contributed by atoms with Gasteiger partial charge in [0, 0.05) is 6.54 Å². The molecule has 0 fully saturated rings. The van der Waals surface area contributed by atoms with Gasteiger partial charge in [0.2, 0.25) is 0 Å². The Morgan fingerprint density at radius 3 is 2.88 bits per heavy atom. The molecule has 0 aliphatic rings. The van der Waals surface area contributed by atoms with Gasteiger partial charge in [-0.25, -0.2) is 0 Å². The average molecular weight is 268 g/mol. The van der Waals surface area contributed by atoms with Crippen molar-refractivity contribution in [1.29, 1.82) is 0 Å². The van der Waals surface area contributed by atoms with Crippen LogP contribution in [0.15, 0.2) is 16.2 Å². The van der Waals surface area contributed by atoms with Crippen molar-refractivity contribution in [3.63, 3.8) is 0 Å². The summed E-state index contributed by atoms with van der Waals surface area (Å²) in [7, 11) is 0. The van der Waals surface area contributed by atoms with Gasteiger partial charge in [-0.15, -0.1) is 11.3 Å². The van der Waals surface area contributed by atoms with Crippen molar-refractivity contribution in [3.05, 3.63) is 26.6 Å². The molecule has 2 heterocycles. The summed E-state index contributed by atoms with van der Waals surface area (Å²) in [6, 6.07) is 1.90. The molecule has 0 aromatic carbocycles. The molecule has 5 heteroatoms. The van der Waals surface area contributed by atoms with Gasteiger partial charge in [0.15, 0.2) is 4.77 Å². The highest BCUT2D eigenvalue weighted by molar-refractivity contribution is 7.71. The molecule has 0 bridgehead atoms. The Balaban J connectivity index is 2.62. The van der Waals surface area contributed by atoms with Gasteiger partial charge in [-0.05, 0) is 35.5 Å². The first-order chi connectivity index (χ1) is 7.94. The molecule has 0 aliphatic carbocycles. The van der Waals surface area contributed by atoms with Crippen LogP contribution in [0.5, 0.6) is 0 Å². The zero-order valence-electron chi connectivity index (χ0n) is 10.2. The molecular formula is C12H16N2OS2. The largest absolute Gasteiger partial charge is 0.331 e. The highest BCUT2D eigenvalue weighted by Gasteiger charge is 2.18. The van der Waals surface area contributed by atoms with Crippen LogP contribution < -0.4 is 5.56 Å². The van der Waals surface area contributed by atoms with Gasteiger partial charge in [0.25, 0.3) is 5.56 Å². The van der Waals surface area contributed by atoms with E-state index in [0.717, 1.165) is 16.6 Å². The Morgan fingerprint density at radius 2 is 2.24 bits per heavy atom. The summed E-state index contributed by atoms with van der Waals surface area (Å²) in [5.41, 5.74) is 0.951. The molecule has 0 radical (unpaired) electrons. The summed E-state index contributed by atoms with van der Waals surface area (Å²) < 4.78 is 2.95. The first kappa shape index (κ1) is 12.5. The van der Waals surface area contributed by atoms with E-state index in [1.807, 2.05) is 11.4 Å². The van der Waals surface area contributed by atoms with E-state index in [4.69, 9.17) is 12.2 Å². The second kappa shape index (κ2) is 4.38. The molecule has 1 N–H and O–H groups in total. The first-order valence-corrected chi connectivity index (χ1v) is 6.94. The lowest BCUT2D eigenvalue weighted by Gasteiger charge is -2.23. The third-order valence-electron chi connectivity index (χ3n) is 3.13. The van der Waals surface area contributed by atoms with E-state index < -0.39 is 0 Å². The number of nitrogens with zero attached hydrogens (tertiary/aromatic N) is 1. The van der Waals surface area contributed by atoms with Crippen LogP contribution in [0.3, 0.4) is 0 Å². The summed E-state index contributed by atoms with van der Waals surface area (Å²) >= 11 is 6.72. The van der Waals surface area contributed by atoms with E-state index in [2.05, 4.69) is 25.8 Å². The monoisotopic (exact) mass is 268 g/mol. The van der Waals surface area contributed by atoms with Crippen LogP contribution in [0.2, 0.25) is 0 Å². The molecule has 17 heavy (non-hydrogen) atoms. The number of thiophene rings is 1. The molecule has 2 rings (SSSR count). The van der Waals surface area contributed by atoms with Gasteiger partial charge >= 0.3 is 0 Å². The Hall–Kier alpha value is -0.940. The molecule has 0 amide bonds. The predicted octanol–water partition coefficient (Wildman–Crippen LogP) is 3.56. The minimum Gasteiger partial charge on any atom is -0.331 e. The van der Waals surface area contributed by atoms with E-state index in [-0.39, 0.29) is 11.0 Å². The molecule has 0 saturated heterocycles. The van der Waals surface area contributed by atoms with Crippen LogP contribution in [-0.4, -0.2) is 9.55 Å². The third-order valence-corrected chi connectivity index (χ3v) is 4.36. The van der Waals surface area contributed by atoms with Crippen molar-refractivity contribution in [2.45, 2.75) is 33.7 Å². The molecule has 2 aromatic rings. The van der Waals surface area contributed by atoms with Gasteiger partial charge in [-0.2, -0.15) is 0 Å². The van der Waals surface area contributed by atoms with E-state index in [9.17, 15) is 4.79 Å². The molecule has 0 atom stereocenters. The molecule has 0 saturated carbocycles. The van der Waals surface area contributed by atoms with Crippen LogP contribution in [0.1, 0.15) is 27.2 Å². The summed E-state index contributed by atoms with van der Waals surface area (Å²) in [6.07, 6.45) is 1.01. The van der Waals surface area contributed by atoms with Crippen LogP contribution in [0, 0.1) is 10.2 Å². The van der Waals surface area contributed by atoms with Crippen LogP contribution in [0.4, 0.5) is 0 Å². The molecule has 92 valence electrons. The summed E-state index contributed by atoms with van der Waals surface area (Å²) in [4.78, 5) is 15.4. The molecule has 0 unspecified atom stereocenters. The maximum Gasteiger partial charge on any atom is 0.272 e. The molecule has 3 nitrogen and oxygen atoms in total. The van der Waals surface area contributed by atoms with Gasteiger partial charge < -0.3 is 4.98 Å². The highest BCUT2D eigenvalue weighted by Crippen LogP contribution is 2.22. The zero-order valence-corrected chi connectivity index (χ0v) is 11.9. The Morgan fingerprint density at radius 1 is 1.53 bits per heavy atom. The Bertz CT molecular complexity index is 648. The maximum absolute atomic E-state index is 12.3. The minimum absolute atomic E-state index is 0.0280. The van der Waals surface area contributed by atoms with E-state index in [0.29, 0.717) is 11.3 Å². The van der Waals surface area contributed by atoms with Crippen LogP contribution in [0.25, 0.3) is 10.2 Å². The van der Waals surface area contributed by atoms with Gasteiger partial charge in [-0.3, -0.25) is 9.36 Å². The standard InChI is InChI=1S/C12H16N2OS2/c1-4-12(2,3)7-14-10(15)9-8(5-6-17-9)13-11(14)16/h5-6H,4,7H2,1-3H3,(H,13,16). The van der Waals surface area contributed by atoms with Crippen molar-refractivity contribution in [2.75, 3.05) is 0 Å². The number of aromatic amines is 1. The van der Waals surface area contributed by atoms with Gasteiger partial charge in [0.1, 0.15) is 4.70 Å². The van der Waals surface area contributed by atoms with Crippen LogP contribution >= 0.6 is 23.6 Å². The normalized spacial score (nSPS) is 12.2. The van der Waals surface area contributed by atoms with Crippen molar-refractivity contribution >= 4 is 33.8 Å². The summed E-state index contributed by atoms with van der Waals surface area (Å²) in [5, 5.41) is 1.91. The lowest BCUT2D eigenvalue weighted by Crippen LogP contribution is -2.29. The minimum atomic E-state index is 0.0280. The number of hydrogen-bond acceptors (Lipinski definition) is 3. The summed E-state index contributed by atoms with van der Waals surface area (Å²) in [6.45, 7) is 7.08. The van der Waals surface area contributed by atoms with E-state index >= 15 is 0 Å². The highest BCUT2D eigenvalue weighted by atomic mass is 32.1. The van der Waals surface area contributed by atoms with Crippen molar-refractivity contribution < 1.29 is 0 Å². The second-order valence-corrected chi connectivity index (χ2v) is 6.31. The topological polar surface area (TPSA) is 37.8 Å². The number of aromatic nitrogens is 2. The van der Waals surface area contributed by atoms with Gasteiger partial charge in [0.05, 0.1) is 5.52 Å². The molecular weight excluding hydrogens is 252 g/mol. The predicted molar refractivity (Wildman–Crippen MR) is 75.3 cm³/mol. The number of nitrogens with one attached hydrogen (secondary N) is 1. The third kappa shape index (κ3) is 2.35. The number of rotatable bonds is 3. The fourth-order valence-electron chi connectivity index (χ4n) is 1.65. The number of hydrogen-bond donors (Lipinski definition) is 1. The first-order valence-electron chi connectivity index (χ1n) is 5.65. The maximum atomic E-state index is 12.3. The Labute approximate surface area is 109 Å². The molecule has 0 spiro atoms. The van der Waals surface area contributed by atoms with E-state index in [1.54, 1.807) is 4.57 Å². The zero-order chi connectivity index (χ0) is 12.6. The number of H-pyrrole nitrogens is 1. The van der Waals surface area contributed by atoms with E-state index in [1.165, 1.54) is 11.3 Å². The van der Waals surface area contributed by atoms with Crippen molar-refractivity contribution in [1.82, 2.24) is 9.55 Å². The van der Waals surface area contributed by atoms with Crippen molar-refractivity contribution in [2.24, 2.45) is 5.41 Å². The average Bonchev–Trinajstić information content (AvgIpc) is 2.72. The van der Waals surface area contributed by atoms with Crippen LogP contribution in [-0.2, 0) is 6.54 Å². The van der Waals surface area contributed by atoms with Crippen molar-refractivity contribution in [3.8, 4) is 0 Å². The molecule has 2 aromatic heterocycles. The van der Waals surface area contributed by atoms with Gasteiger partial charge in [-0.1, -0.05) is 20.8 Å². The second-order valence-electron chi connectivity index (χ2n) is 5.00. The smallest absolute Gasteiger partial charge is 0.272 e. The number of fused-ring (bicyclic) bond motifs is 1. The lowest BCUT2D eigenvalue weighted by atomic mass is 9.90. The molecule has 0 aliphatic heterocycles. The summed E-state index contributed by atoms with van der Waals surface area (Å²) in [5.74, 6) is 0. The quantitative estimate of drug-likeness (QED) is 0.864. The Kier molecular flexibility index (Phi) is 3.23.